The molecule has 1 rings (SSSR count). The van der Waals surface area contributed by atoms with Crippen molar-refractivity contribution in [1.29, 1.82) is 0 Å². The van der Waals surface area contributed by atoms with Crippen molar-refractivity contribution in [2.45, 2.75) is 13.5 Å². The van der Waals surface area contributed by atoms with E-state index in [-0.39, 0.29) is 12.4 Å². The smallest absolute Gasteiger partial charge is 0.138 e. The highest BCUT2D eigenvalue weighted by molar-refractivity contribution is 9.10. The summed E-state index contributed by atoms with van der Waals surface area (Å²) < 4.78 is 13.4. The molecule has 0 aliphatic rings. The third-order valence-electron chi connectivity index (χ3n) is 1.49. The lowest BCUT2D eigenvalue weighted by molar-refractivity contribution is 0.123. The minimum atomic E-state index is -0.290. The van der Waals surface area contributed by atoms with Crippen LogP contribution in [0.4, 0.5) is 4.39 Å². The van der Waals surface area contributed by atoms with Gasteiger partial charge in [0.25, 0.3) is 0 Å². The van der Waals surface area contributed by atoms with Crippen molar-refractivity contribution in [3.63, 3.8) is 0 Å². The van der Waals surface area contributed by atoms with Gasteiger partial charge in [-0.1, -0.05) is 6.07 Å². The normalized spacial score (nSPS) is 10.3. The Bertz CT molecular complexity index is 291. The molecule has 0 saturated heterocycles. The van der Waals surface area contributed by atoms with E-state index in [4.69, 9.17) is 5.90 Å². The molecule has 0 aliphatic heterocycles. The monoisotopic (exact) mass is 233 g/mol. The standard InChI is InChI=1S/C8H9BrFNO/c1-5-2-6(4-12-11)8(9)7(10)3-5/h2-3H,4,11H2,1H3. The molecular formula is C8H9BrFNO. The summed E-state index contributed by atoms with van der Waals surface area (Å²) in [6.07, 6.45) is 0. The number of nitrogens with two attached hydrogens (primary N) is 1. The fraction of sp³-hybridized carbons (Fsp3) is 0.250. The van der Waals surface area contributed by atoms with E-state index in [1.165, 1.54) is 6.07 Å². The van der Waals surface area contributed by atoms with Crippen molar-refractivity contribution in [3.8, 4) is 0 Å². The Morgan fingerprint density at radius 1 is 1.58 bits per heavy atom. The SMILES string of the molecule is Cc1cc(F)c(Br)c(CON)c1. The van der Waals surface area contributed by atoms with Crippen LogP contribution in [0.25, 0.3) is 0 Å². The first-order chi connectivity index (χ1) is 5.65. The minimum absolute atomic E-state index is 0.208. The van der Waals surface area contributed by atoms with Crippen LogP contribution in [0.5, 0.6) is 0 Å². The summed E-state index contributed by atoms with van der Waals surface area (Å²) in [6.45, 7) is 2.02. The van der Waals surface area contributed by atoms with Crippen LogP contribution in [0.3, 0.4) is 0 Å². The molecular weight excluding hydrogens is 225 g/mol. The maximum Gasteiger partial charge on any atom is 0.138 e. The maximum absolute atomic E-state index is 13.0. The second kappa shape index (κ2) is 3.98. The van der Waals surface area contributed by atoms with Crippen molar-refractivity contribution >= 4 is 15.9 Å². The number of benzene rings is 1. The number of halogens is 2. The molecule has 2 nitrogen and oxygen atoms in total. The molecule has 0 radical (unpaired) electrons. The molecule has 0 aromatic heterocycles. The fourth-order valence-corrected chi connectivity index (χ4v) is 1.33. The molecule has 2 N–H and O–H groups in total. The molecule has 0 bridgehead atoms. The van der Waals surface area contributed by atoms with Crippen LogP contribution < -0.4 is 5.90 Å². The predicted molar refractivity (Wildman–Crippen MR) is 47.8 cm³/mol. The molecule has 0 atom stereocenters. The Hall–Kier alpha value is -0.450. The fourth-order valence-electron chi connectivity index (χ4n) is 0.991. The van der Waals surface area contributed by atoms with Crippen LogP contribution in [0.2, 0.25) is 0 Å². The van der Waals surface area contributed by atoms with Gasteiger partial charge in [0.1, 0.15) is 5.82 Å². The van der Waals surface area contributed by atoms with Gasteiger partial charge in [-0.2, -0.15) is 0 Å². The van der Waals surface area contributed by atoms with E-state index in [0.717, 1.165) is 11.1 Å². The van der Waals surface area contributed by atoms with Gasteiger partial charge in [0, 0.05) is 0 Å². The molecule has 12 heavy (non-hydrogen) atoms. The molecule has 1 aromatic rings. The zero-order valence-corrected chi connectivity index (χ0v) is 8.19. The van der Waals surface area contributed by atoms with E-state index in [1.54, 1.807) is 0 Å². The summed E-state index contributed by atoms with van der Waals surface area (Å²) in [7, 11) is 0. The number of hydrogen-bond donors (Lipinski definition) is 1. The lowest BCUT2D eigenvalue weighted by Gasteiger charge is -2.04. The summed E-state index contributed by atoms with van der Waals surface area (Å²) in [4.78, 5) is 4.42. The molecule has 0 spiro atoms. The van der Waals surface area contributed by atoms with Crippen molar-refractivity contribution in [3.05, 3.63) is 33.5 Å². The zero-order valence-electron chi connectivity index (χ0n) is 6.60. The molecule has 66 valence electrons. The van der Waals surface area contributed by atoms with Gasteiger partial charge in [0.2, 0.25) is 0 Å². The number of hydrogen-bond acceptors (Lipinski definition) is 2. The second-order valence-corrected chi connectivity index (χ2v) is 3.32. The third-order valence-corrected chi connectivity index (χ3v) is 2.37. The van der Waals surface area contributed by atoms with Crippen molar-refractivity contribution in [1.82, 2.24) is 0 Å². The van der Waals surface area contributed by atoms with Crippen LogP contribution in [-0.2, 0) is 11.4 Å². The molecule has 0 aliphatic carbocycles. The van der Waals surface area contributed by atoms with E-state index in [0.29, 0.717) is 4.47 Å². The van der Waals surface area contributed by atoms with Crippen LogP contribution in [0, 0.1) is 12.7 Å². The maximum atomic E-state index is 13.0. The van der Waals surface area contributed by atoms with E-state index < -0.39 is 0 Å². The van der Waals surface area contributed by atoms with E-state index in [2.05, 4.69) is 20.8 Å². The summed E-state index contributed by atoms with van der Waals surface area (Å²) >= 11 is 3.10. The predicted octanol–water partition coefficient (Wildman–Crippen LogP) is 2.29. The quantitative estimate of drug-likeness (QED) is 0.796. The van der Waals surface area contributed by atoms with E-state index in [9.17, 15) is 4.39 Å². The second-order valence-electron chi connectivity index (χ2n) is 2.53. The first-order valence-corrected chi connectivity index (χ1v) is 4.20. The van der Waals surface area contributed by atoms with Gasteiger partial charge in [0.15, 0.2) is 0 Å². The summed E-state index contributed by atoms with van der Waals surface area (Å²) in [6, 6.07) is 3.27. The van der Waals surface area contributed by atoms with E-state index >= 15 is 0 Å². The molecule has 0 heterocycles. The van der Waals surface area contributed by atoms with Crippen LogP contribution in [0.15, 0.2) is 16.6 Å². The summed E-state index contributed by atoms with van der Waals surface area (Å²) in [5, 5.41) is 0. The average Bonchev–Trinajstić information content (AvgIpc) is 2.00. The Kier molecular flexibility index (Phi) is 3.20. The third kappa shape index (κ3) is 2.03. The largest absolute Gasteiger partial charge is 0.300 e. The highest BCUT2D eigenvalue weighted by Gasteiger charge is 2.06. The summed E-state index contributed by atoms with van der Waals surface area (Å²) in [5.74, 6) is 4.60. The molecule has 1 aromatic carbocycles. The number of rotatable bonds is 2. The van der Waals surface area contributed by atoms with Crippen LogP contribution in [0.1, 0.15) is 11.1 Å². The van der Waals surface area contributed by atoms with E-state index in [1.807, 2.05) is 13.0 Å². The minimum Gasteiger partial charge on any atom is -0.300 e. The topological polar surface area (TPSA) is 35.2 Å². The van der Waals surface area contributed by atoms with Gasteiger partial charge in [-0.25, -0.2) is 10.3 Å². The Morgan fingerprint density at radius 2 is 2.25 bits per heavy atom. The highest BCUT2D eigenvalue weighted by atomic mass is 79.9. The first-order valence-electron chi connectivity index (χ1n) is 3.41. The van der Waals surface area contributed by atoms with Gasteiger partial charge in [-0.3, -0.25) is 4.84 Å². The van der Waals surface area contributed by atoms with Gasteiger partial charge < -0.3 is 0 Å². The zero-order chi connectivity index (χ0) is 9.14. The molecule has 4 heteroatoms. The van der Waals surface area contributed by atoms with Gasteiger partial charge in [-0.15, -0.1) is 0 Å². The summed E-state index contributed by atoms with van der Waals surface area (Å²) in [5.41, 5.74) is 1.57. The lowest BCUT2D eigenvalue weighted by Crippen LogP contribution is -2.01. The van der Waals surface area contributed by atoms with Gasteiger partial charge in [0.05, 0.1) is 11.1 Å². The lowest BCUT2D eigenvalue weighted by atomic mass is 10.1. The molecule has 0 unspecified atom stereocenters. The van der Waals surface area contributed by atoms with Gasteiger partial charge in [-0.05, 0) is 40.0 Å². The Balaban J connectivity index is 3.09. The molecule has 0 amide bonds. The van der Waals surface area contributed by atoms with Crippen LogP contribution in [-0.4, -0.2) is 0 Å². The van der Waals surface area contributed by atoms with Crippen molar-refractivity contribution in [2.24, 2.45) is 5.90 Å². The average molecular weight is 234 g/mol. The van der Waals surface area contributed by atoms with Crippen molar-refractivity contribution < 1.29 is 9.23 Å². The number of aryl methyl sites for hydroxylation is 1. The first kappa shape index (κ1) is 9.64. The van der Waals surface area contributed by atoms with Gasteiger partial charge >= 0.3 is 0 Å². The van der Waals surface area contributed by atoms with Crippen LogP contribution >= 0.6 is 15.9 Å². The highest BCUT2D eigenvalue weighted by Crippen LogP contribution is 2.22. The Labute approximate surface area is 78.6 Å². The van der Waals surface area contributed by atoms with Crippen molar-refractivity contribution in [2.75, 3.05) is 0 Å². The molecule has 0 saturated carbocycles. The Morgan fingerprint density at radius 3 is 2.83 bits per heavy atom. The molecule has 0 fully saturated rings.